The summed E-state index contributed by atoms with van der Waals surface area (Å²) < 4.78 is 11.1. The van der Waals surface area contributed by atoms with Gasteiger partial charge in [-0.1, -0.05) is 55.1 Å². The van der Waals surface area contributed by atoms with Crippen LogP contribution in [-0.2, 0) is 11.2 Å². The third-order valence-electron chi connectivity index (χ3n) is 4.47. The molecule has 0 aliphatic carbocycles. The lowest BCUT2D eigenvalue weighted by atomic mass is 10.0. The number of halogens is 3. The molecule has 2 aromatic carbocycles. The average Bonchev–Trinajstić information content (AvgIpc) is 3.00. The van der Waals surface area contributed by atoms with E-state index in [-0.39, 0.29) is 43.4 Å². The lowest BCUT2D eigenvalue weighted by Gasteiger charge is -2.18. The summed E-state index contributed by atoms with van der Waals surface area (Å²) in [6.07, 6.45) is 0.882. The molecule has 0 saturated heterocycles. The molecule has 9 heteroatoms. The van der Waals surface area contributed by atoms with E-state index in [0.717, 1.165) is 0 Å². The third-order valence-corrected chi connectivity index (χ3v) is 5.57. The Labute approximate surface area is 176 Å². The van der Waals surface area contributed by atoms with Crippen molar-refractivity contribution in [1.29, 1.82) is 0 Å². The summed E-state index contributed by atoms with van der Waals surface area (Å²) in [4.78, 5) is 12.4. The first-order valence-electron chi connectivity index (χ1n) is 8.58. The van der Waals surface area contributed by atoms with E-state index >= 15 is 0 Å². The molecule has 1 heterocycles. The number of hydrogen-bond acceptors (Lipinski definition) is 6. The Kier molecular flexibility index (Phi) is 5.75. The molecule has 0 saturated carbocycles. The highest BCUT2D eigenvalue weighted by atomic mass is 35.5. The van der Waals surface area contributed by atoms with Crippen LogP contribution in [0, 0.1) is 0 Å². The van der Waals surface area contributed by atoms with Crippen molar-refractivity contribution in [2.75, 3.05) is 0 Å². The number of phenolic OH excluding ortho intramolecular Hbond substituents is 3. The Morgan fingerprint density at radius 3 is 2.32 bits per heavy atom. The predicted octanol–water partition coefficient (Wildman–Crippen LogP) is 6.13. The van der Waals surface area contributed by atoms with Gasteiger partial charge in [0.1, 0.15) is 27.5 Å². The van der Waals surface area contributed by atoms with Crippen LogP contribution in [0.15, 0.2) is 6.07 Å². The van der Waals surface area contributed by atoms with E-state index in [1.165, 1.54) is 6.07 Å². The summed E-state index contributed by atoms with van der Waals surface area (Å²) in [6.45, 7) is 3.69. The standard InChI is InChI=1S/C19H17Cl3O6/c1-3-5-7-6-8(23)12(20)16(25)17(7)28-18-11-10(9(4-2)27-19(11)26)13(21)15(24)14(18)22/h6,9,23-25H,3-5H2,1-2H3. The lowest BCUT2D eigenvalue weighted by Crippen LogP contribution is -2.02. The molecule has 0 bridgehead atoms. The van der Waals surface area contributed by atoms with Gasteiger partial charge in [0.25, 0.3) is 0 Å². The number of carbonyl (C=O) groups is 1. The molecular weight excluding hydrogens is 431 g/mol. The average molecular weight is 448 g/mol. The van der Waals surface area contributed by atoms with Crippen molar-refractivity contribution in [2.24, 2.45) is 0 Å². The minimum Gasteiger partial charge on any atom is -0.506 e. The molecule has 3 rings (SSSR count). The van der Waals surface area contributed by atoms with E-state index < -0.39 is 23.6 Å². The molecule has 2 aromatic rings. The zero-order chi connectivity index (χ0) is 20.7. The fourth-order valence-corrected chi connectivity index (χ4v) is 3.87. The fraction of sp³-hybridized carbons (Fsp3) is 0.316. The van der Waals surface area contributed by atoms with Crippen LogP contribution >= 0.6 is 34.8 Å². The summed E-state index contributed by atoms with van der Waals surface area (Å²) in [6, 6.07) is 1.36. The van der Waals surface area contributed by atoms with Gasteiger partial charge in [-0.15, -0.1) is 0 Å². The van der Waals surface area contributed by atoms with Gasteiger partial charge in [0, 0.05) is 11.1 Å². The maximum absolute atomic E-state index is 12.4. The smallest absolute Gasteiger partial charge is 0.343 e. The van der Waals surface area contributed by atoms with E-state index in [0.29, 0.717) is 24.8 Å². The van der Waals surface area contributed by atoms with Crippen molar-refractivity contribution in [1.82, 2.24) is 0 Å². The second-order valence-corrected chi connectivity index (χ2v) is 7.43. The molecule has 150 valence electrons. The van der Waals surface area contributed by atoms with E-state index in [9.17, 15) is 20.1 Å². The molecule has 1 atom stereocenters. The number of benzene rings is 2. The second kappa shape index (κ2) is 7.78. The number of esters is 1. The molecule has 3 N–H and O–H groups in total. The molecule has 1 aliphatic heterocycles. The largest absolute Gasteiger partial charge is 0.506 e. The van der Waals surface area contributed by atoms with Crippen LogP contribution in [0.25, 0.3) is 0 Å². The van der Waals surface area contributed by atoms with Crippen molar-refractivity contribution >= 4 is 40.8 Å². The Morgan fingerprint density at radius 1 is 1.04 bits per heavy atom. The predicted molar refractivity (Wildman–Crippen MR) is 105 cm³/mol. The molecule has 1 unspecified atom stereocenters. The molecule has 6 nitrogen and oxygen atoms in total. The van der Waals surface area contributed by atoms with Gasteiger partial charge in [-0.2, -0.15) is 0 Å². The molecule has 0 amide bonds. The SMILES string of the molecule is CCCc1cc(O)c(Cl)c(O)c1Oc1c(Cl)c(O)c(Cl)c2c1C(=O)OC2CC. The van der Waals surface area contributed by atoms with E-state index in [1.54, 1.807) is 6.92 Å². The summed E-state index contributed by atoms with van der Waals surface area (Å²) in [7, 11) is 0. The Bertz CT molecular complexity index is 973. The quantitative estimate of drug-likeness (QED) is 0.477. The number of phenols is 3. The molecular formula is C19H17Cl3O6. The molecule has 0 spiro atoms. The molecule has 1 aliphatic rings. The van der Waals surface area contributed by atoms with Gasteiger partial charge in [0.15, 0.2) is 23.0 Å². The van der Waals surface area contributed by atoms with Gasteiger partial charge >= 0.3 is 5.97 Å². The van der Waals surface area contributed by atoms with Crippen molar-refractivity contribution < 1.29 is 29.6 Å². The number of aromatic hydroxyl groups is 3. The Hall–Kier alpha value is -2.02. The number of cyclic esters (lactones) is 1. The van der Waals surface area contributed by atoms with Gasteiger partial charge in [-0.05, 0) is 18.9 Å². The minimum atomic E-state index is -0.706. The number of aryl methyl sites for hydroxylation is 1. The lowest BCUT2D eigenvalue weighted by molar-refractivity contribution is 0.0377. The number of ether oxygens (including phenoxy) is 2. The molecule has 0 fully saturated rings. The van der Waals surface area contributed by atoms with Crippen LogP contribution in [0.3, 0.4) is 0 Å². The third kappa shape index (κ3) is 3.19. The maximum atomic E-state index is 12.4. The van der Waals surface area contributed by atoms with Crippen LogP contribution in [-0.4, -0.2) is 21.3 Å². The maximum Gasteiger partial charge on any atom is 0.343 e. The fourth-order valence-electron chi connectivity index (χ4n) is 3.15. The van der Waals surface area contributed by atoms with Crippen LogP contribution in [0.5, 0.6) is 28.7 Å². The zero-order valence-corrected chi connectivity index (χ0v) is 17.2. The van der Waals surface area contributed by atoms with Gasteiger partial charge in [0.2, 0.25) is 0 Å². The Morgan fingerprint density at radius 2 is 1.71 bits per heavy atom. The zero-order valence-electron chi connectivity index (χ0n) is 15.0. The van der Waals surface area contributed by atoms with Gasteiger partial charge in [0.05, 0.1) is 5.02 Å². The normalized spacial score (nSPS) is 15.5. The highest BCUT2D eigenvalue weighted by Crippen LogP contribution is 2.54. The molecule has 28 heavy (non-hydrogen) atoms. The molecule has 0 aromatic heterocycles. The van der Waals surface area contributed by atoms with E-state index in [1.807, 2.05) is 6.92 Å². The second-order valence-electron chi connectivity index (χ2n) is 6.30. The van der Waals surface area contributed by atoms with Crippen LogP contribution in [0.2, 0.25) is 15.1 Å². The van der Waals surface area contributed by atoms with Crippen molar-refractivity contribution in [2.45, 2.75) is 39.2 Å². The minimum absolute atomic E-state index is 0.0225. The summed E-state index contributed by atoms with van der Waals surface area (Å²) in [5.41, 5.74) is 0.692. The number of hydrogen-bond donors (Lipinski definition) is 3. The highest BCUT2D eigenvalue weighted by molar-refractivity contribution is 6.39. The van der Waals surface area contributed by atoms with Crippen LogP contribution in [0.4, 0.5) is 0 Å². The number of fused-ring (bicyclic) bond motifs is 1. The number of rotatable bonds is 5. The first kappa shape index (κ1) is 20.7. The van der Waals surface area contributed by atoms with Crippen molar-refractivity contribution in [3.8, 4) is 28.7 Å². The van der Waals surface area contributed by atoms with Gasteiger partial charge in [-0.25, -0.2) is 4.79 Å². The van der Waals surface area contributed by atoms with Gasteiger partial charge < -0.3 is 24.8 Å². The molecule has 0 radical (unpaired) electrons. The first-order chi connectivity index (χ1) is 13.2. The topological polar surface area (TPSA) is 96.2 Å². The van der Waals surface area contributed by atoms with E-state index in [4.69, 9.17) is 44.3 Å². The summed E-state index contributed by atoms with van der Waals surface area (Å²) in [5.74, 6) is -2.27. The van der Waals surface area contributed by atoms with Crippen LogP contribution < -0.4 is 4.74 Å². The van der Waals surface area contributed by atoms with Gasteiger partial charge in [-0.3, -0.25) is 0 Å². The summed E-state index contributed by atoms with van der Waals surface area (Å²) in [5, 5.41) is 29.9. The van der Waals surface area contributed by atoms with Crippen molar-refractivity contribution in [3.63, 3.8) is 0 Å². The van der Waals surface area contributed by atoms with Crippen molar-refractivity contribution in [3.05, 3.63) is 37.8 Å². The number of carbonyl (C=O) groups excluding carboxylic acids is 1. The van der Waals surface area contributed by atoms with Crippen LogP contribution in [0.1, 0.15) is 54.3 Å². The first-order valence-corrected chi connectivity index (χ1v) is 9.72. The monoisotopic (exact) mass is 446 g/mol. The Balaban J connectivity index is 2.26. The van der Waals surface area contributed by atoms with E-state index in [2.05, 4.69) is 0 Å². The highest BCUT2D eigenvalue weighted by Gasteiger charge is 2.39. The summed E-state index contributed by atoms with van der Waals surface area (Å²) >= 11 is 18.3.